The van der Waals surface area contributed by atoms with Gasteiger partial charge in [0.15, 0.2) is 16.7 Å². The molecule has 4 aromatic heterocycles. The number of aromatic nitrogens is 5. The number of hydrogen-bond donors (Lipinski definition) is 0. The third-order valence-electron chi connectivity index (χ3n) is 4.93. The van der Waals surface area contributed by atoms with Crippen LogP contribution in [0.3, 0.4) is 0 Å². The van der Waals surface area contributed by atoms with Gasteiger partial charge in [-0.15, -0.1) is 21.5 Å². The van der Waals surface area contributed by atoms with Crippen molar-refractivity contribution in [3.8, 4) is 11.6 Å². The molecule has 6 nitrogen and oxygen atoms in total. The van der Waals surface area contributed by atoms with Gasteiger partial charge in [-0.1, -0.05) is 6.42 Å². The van der Waals surface area contributed by atoms with E-state index in [1.54, 1.807) is 24.4 Å². The molecule has 1 aliphatic carbocycles. The Kier molecular flexibility index (Phi) is 4.45. The van der Waals surface area contributed by atoms with Crippen molar-refractivity contribution in [1.29, 1.82) is 0 Å². The Balaban J connectivity index is 1.59. The highest BCUT2D eigenvalue weighted by atomic mass is 32.2. The Hall–Kier alpha value is -2.19. The van der Waals surface area contributed by atoms with Crippen LogP contribution < -0.4 is 0 Å². The van der Waals surface area contributed by atoms with Crippen molar-refractivity contribution >= 4 is 33.3 Å². The number of aryl methyl sites for hydroxylation is 2. The minimum Gasteiger partial charge on any atom is -0.461 e. The quantitative estimate of drug-likeness (QED) is 0.357. The van der Waals surface area contributed by atoms with Crippen LogP contribution in [0.15, 0.2) is 39.3 Å². The lowest BCUT2D eigenvalue weighted by Gasteiger charge is -2.07. The molecule has 4 heterocycles. The number of furan rings is 1. The molecule has 0 N–H and O–H groups in total. The summed E-state index contributed by atoms with van der Waals surface area (Å²) >= 11 is 3.40. The first-order valence-corrected chi connectivity index (χ1v) is 10.9. The van der Waals surface area contributed by atoms with Crippen LogP contribution in [0.5, 0.6) is 0 Å². The predicted octanol–water partition coefficient (Wildman–Crippen LogP) is 4.98. The first-order valence-electron chi connectivity index (χ1n) is 9.25. The number of thiophene rings is 1. The molecule has 1 aliphatic rings. The zero-order valence-electron chi connectivity index (χ0n) is 15.0. The maximum Gasteiger partial charge on any atom is 0.200 e. The van der Waals surface area contributed by atoms with Gasteiger partial charge in [0.2, 0.25) is 0 Å². The van der Waals surface area contributed by atoms with Crippen LogP contribution >= 0.6 is 23.1 Å². The summed E-state index contributed by atoms with van der Waals surface area (Å²) in [4.78, 5) is 11.7. The monoisotopic (exact) mass is 397 g/mol. The molecular weight excluding hydrogens is 378 g/mol. The van der Waals surface area contributed by atoms with E-state index < -0.39 is 0 Å². The van der Waals surface area contributed by atoms with Gasteiger partial charge in [0.05, 0.1) is 6.26 Å². The summed E-state index contributed by atoms with van der Waals surface area (Å²) in [5, 5.41) is 11.8. The van der Waals surface area contributed by atoms with Crippen molar-refractivity contribution in [2.75, 3.05) is 0 Å². The molecule has 0 atom stereocenters. The summed E-state index contributed by atoms with van der Waals surface area (Å²) in [6.45, 7) is 2.85. The highest BCUT2D eigenvalue weighted by Crippen LogP contribution is 2.40. The van der Waals surface area contributed by atoms with Crippen LogP contribution in [0.4, 0.5) is 0 Å². The second-order valence-electron chi connectivity index (χ2n) is 6.55. The molecule has 0 amide bonds. The molecular formula is C19H19N5OS2. The van der Waals surface area contributed by atoms with Gasteiger partial charge >= 0.3 is 0 Å². The lowest BCUT2D eigenvalue weighted by atomic mass is 10.1. The number of nitrogens with zero attached hydrogens (tertiary/aromatic N) is 5. The van der Waals surface area contributed by atoms with Crippen molar-refractivity contribution in [3.05, 3.63) is 35.2 Å². The molecule has 8 heteroatoms. The third kappa shape index (κ3) is 2.96. The maximum absolute atomic E-state index is 5.52. The third-order valence-corrected chi connectivity index (χ3v) is 7.12. The first-order chi connectivity index (χ1) is 13.3. The van der Waals surface area contributed by atoms with E-state index in [1.165, 1.54) is 35.1 Å². The van der Waals surface area contributed by atoms with Crippen LogP contribution in [-0.2, 0) is 19.4 Å². The fourth-order valence-electron chi connectivity index (χ4n) is 3.64. The average molecular weight is 398 g/mol. The molecule has 0 spiro atoms. The second-order valence-corrected chi connectivity index (χ2v) is 8.59. The van der Waals surface area contributed by atoms with Crippen molar-refractivity contribution in [2.45, 2.75) is 55.8 Å². The topological polar surface area (TPSA) is 69.6 Å². The lowest BCUT2D eigenvalue weighted by Crippen LogP contribution is -1.99. The van der Waals surface area contributed by atoms with E-state index in [-0.39, 0.29) is 0 Å². The van der Waals surface area contributed by atoms with Crippen LogP contribution in [-0.4, -0.2) is 24.7 Å². The highest BCUT2D eigenvalue weighted by Gasteiger charge is 2.22. The minimum atomic E-state index is 0.730. The molecule has 0 saturated carbocycles. The molecule has 138 valence electrons. The van der Waals surface area contributed by atoms with E-state index in [1.807, 2.05) is 23.5 Å². The lowest BCUT2D eigenvalue weighted by molar-refractivity contribution is 0.567. The van der Waals surface area contributed by atoms with Crippen LogP contribution in [0.25, 0.3) is 21.8 Å². The zero-order valence-corrected chi connectivity index (χ0v) is 16.6. The van der Waals surface area contributed by atoms with Gasteiger partial charge in [0.1, 0.15) is 16.2 Å². The summed E-state index contributed by atoms with van der Waals surface area (Å²) in [6.07, 6.45) is 9.42. The van der Waals surface area contributed by atoms with Gasteiger partial charge in [-0.2, -0.15) is 0 Å². The Morgan fingerprint density at radius 3 is 2.96 bits per heavy atom. The minimum absolute atomic E-state index is 0.730. The van der Waals surface area contributed by atoms with Gasteiger partial charge in [-0.05, 0) is 62.1 Å². The summed E-state index contributed by atoms with van der Waals surface area (Å²) in [5.41, 5.74) is 1.45. The molecule has 0 aromatic carbocycles. The highest BCUT2D eigenvalue weighted by molar-refractivity contribution is 7.99. The van der Waals surface area contributed by atoms with Crippen LogP contribution in [0, 0.1) is 0 Å². The molecule has 0 bridgehead atoms. The number of fused-ring (bicyclic) bond motifs is 3. The molecule has 27 heavy (non-hydrogen) atoms. The van der Waals surface area contributed by atoms with E-state index in [0.717, 1.165) is 46.0 Å². The maximum atomic E-state index is 5.52. The van der Waals surface area contributed by atoms with Crippen LogP contribution in [0.2, 0.25) is 0 Å². The standard InChI is InChI=1S/C19H19N5OS2/c1-2-24-16(13-8-6-10-25-13)22-23-19(24)27-18-15-12-7-4-3-5-9-14(12)26-17(15)20-11-21-18/h6,8,10-11H,2-5,7,9H2,1H3. The normalized spacial score (nSPS) is 14.4. The number of hydrogen-bond acceptors (Lipinski definition) is 7. The molecule has 0 aliphatic heterocycles. The molecule has 0 saturated heterocycles. The average Bonchev–Trinajstić information content (AvgIpc) is 3.38. The Labute approximate surface area is 165 Å². The van der Waals surface area contributed by atoms with E-state index >= 15 is 0 Å². The second kappa shape index (κ2) is 7.09. The van der Waals surface area contributed by atoms with E-state index in [2.05, 4.69) is 31.7 Å². The molecule has 4 aromatic rings. The summed E-state index contributed by atoms with van der Waals surface area (Å²) in [7, 11) is 0. The van der Waals surface area contributed by atoms with Crippen LogP contribution in [0.1, 0.15) is 36.6 Å². The Morgan fingerprint density at radius 1 is 1.19 bits per heavy atom. The molecule has 0 fully saturated rings. The fraction of sp³-hybridized carbons (Fsp3) is 0.368. The first kappa shape index (κ1) is 16.9. The van der Waals surface area contributed by atoms with Crippen molar-refractivity contribution in [2.24, 2.45) is 0 Å². The summed E-state index contributed by atoms with van der Waals surface area (Å²) < 4.78 is 7.59. The van der Waals surface area contributed by atoms with Crippen molar-refractivity contribution < 1.29 is 4.42 Å². The van der Waals surface area contributed by atoms with Crippen molar-refractivity contribution in [3.63, 3.8) is 0 Å². The van der Waals surface area contributed by atoms with Gasteiger partial charge in [-0.3, -0.25) is 4.57 Å². The smallest absolute Gasteiger partial charge is 0.200 e. The molecule has 0 unspecified atom stereocenters. The Morgan fingerprint density at radius 2 is 2.11 bits per heavy atom. The number of rotatable bonds is 4. The van der Waals surface area contributed by atoms with E-state index in [4.69, 9.17) is 4.42 Å². The SMILES string of the molecule is CCn1c(Sc2ncnc3sc4c(c23)CCCCC4)nnc1-c1ccco1. The van der Waals surface area contributed by atoms with Gasteiger partial charge in [-0.25, -0.2) is 9.97 Å². The van der Waals surface area contributed by atoms with E-state index in [0.29, 0.717) is 0 Å². The zero-order chi connectivity index (χ0) is 18.2. The summed E-state index contributed by atoms with van der Waals surface area (Å²) in [6, 6.07) is 3.78. The van der Waals surface area contributed by atoms with Gasteiger partial charge in [0.25, 0.3) is 0 Å². The van der Waals surface area contributed by atoms with E-state index in [9.17, 15) is 0 Å². The summed E-state index contributed by atoms with van der Waals surface area (Å²) in [5.74, 6) is 1.48. The molecule has 5 rings (SSSR count). The fourth-order valence-corrected chi connectivity index (χ4v) is 5.93. The molecule has 0 radical (unpaired) electrons. The Bertz CT molecular complexity index is 1080. The van der Waals surface area contributed by atoms with Gasteiger partial charge in [0, 0.05) is 16.8 Å². The van der Waals surface area contributed by atoms with Crippen molar-refractivity contribution in [1.82, 2.24) is 24.7 Å². The van der Waals surface area contributed by atoms with Gasteiger partial charge < -0.3 is 4.42 Å². The largest absolute Gasteiger partial charge is 0.461 e. The predicted molar refractivity (Wildman–Crippen MR) is 106 cm³/mol.